The number of amides is 1. The molecule has 0 saturated heterocycles. The van der Waals surface area contributed by atoms with Gasteiger partial charge in [0.2, 0.25) is 0 Å². The normalized spacial score (nSPS) is 10.8. The van der Waals surface area contributed by atoms with Gasteiger partial charge in [-0.05, 0) is 67.9 Å². The number of ether oxygens (including phenoxy) is 2. The van der Waals surface area contributed by atoms with E-state index in [-0.39, 0.29) is 38.2 Å². The summed E-state index contributed by atoms with van der Waals surface area (Å²) in [7, 11) is -2.34. The van der Waals surface area contributed by atoms with Gasteiger partial charge in [0, 0.05) is 11.3 Å². The van der Waals surface area contributed by atoms with E-state index in [2.05, 4.69) is 10.0 Å². The smallest absolute Gasteiger partial charge is 0.348 e. The van der Waals surface area contributed by atoms with Crippen molar-refractivity contribution in [1.82, 2.24) is 0 Å². The topological polar surface area (TPSA) is 135 Å². The highest BCUT2D eigenvalue weighted by atomic mass is 32.2. The maximum atomic E-state index is 12.7. The van der Waals surface area contributed by atoms with Crippen LogP contribution >= 0.6 is 11.3 Å². The molecule has 2 N–H and O–H groups in total. The highest BCUT2D eigenvalue weighted by Crippen LogP contribution is 2.33. The Morgan fingerprint density at radius 3 is 2.29 bits per heavy atom. The Bertz CT molecular complexity index is 1360. The van der Waals surface area contributed by atoms with Crippen LogP contribution in [0.2, 0.25) is 0 Å². The Balaban J connectivity index is 1.75. The van der Waals surface area contributed by atoms with Crippen LogP contribution in [0.15, 0.2) is 53.4 Å². The first-order valence-corrected chi connectivity index (χ1v) is 12.3. The molecule has 0 bridgehead atoms. The number of nitriles is 1. The Morgan fingerprint density at radius 1 is 1.09 bits per heavy atom. The Hall–Kier alpha value is -3.88. The minimum Gasteiger partial charge on any atom is -0.497 e. The molecule has 1 heterocycles. The second-order valence-corrected chi connectivity index (χ2v) is 9.61. The summed E-state index contributed by atoms with van der Waals surface area (Å²) in [6.07, 6.45) is 0. The van der Waals surface area contributed by atoms with Crippen molar-refractivity contribution < 1.29 is 27.5 Å². The van der Waals surface area contributed by atoms with E-state index in [9.17, 15) is 23.3 Å². The van der Waals surface area contributed by atoms with Crippen molar-refractivity contribution in [2.45, 2.75) is 18.7 Å². The zero-order valence-electron chi connectivity index (χ0n) is 18.5. The zero-order valence-corrected chi connectivity index (χ0v) is 20.2. The molecule has 0 aliphatic rings. The SMILES string of the molecule is CCOC(=O)c1sc(NC(=O)c2ccc(NS(=O)(=O)c3ccc(OC)cc3)cc2)c(C#N)c1C. The number of methoxy groups -OCH3 is 1. The maximum absolute atomic E-state index is 12.7. The molecule has 176 valence electrons. The summed E-state index contributed by atoms with van der Waals surface area (Å²) in [6.45, 7) is 3.48. The number of anilines is 2. The molecular weight excluding hydrogens is 478 g/mol. The molecule has 1 aromatic heterocycles. The number of sulfonamides is 1. The van der Waals surface area contributed by atoms with Crippen LogP contribution in [0.25, 0.3) is 0 Å². The Labute approximate surface area is 201 Å². The van der Waals surface area contributed by atoms with Gasteiger partial charge in [-0.1, -0.05) is 0 Å². The van der Waals surface area contributed by atoms with Gasteiger partial charge < -0.3 is 14.8 Å². The monoisotopic (exact) mass is 499 g/mol. The van der Waals surface area contributed by atoms with Gasteiger partial charge in [-0.15, -0.1) is 11.3 Å². The third-order valence-electron chi connectivity index (χ3n) is 4.72. The third-order valence-corrected chi connectivity index (χ3v) is 7.30. The lowest BCUT2D eigenvalue weighted by Crippen LogP contribution is -2.14. The number of rotatable bonds is 8. The predicted molar refractivity (Wildman–Crippen MR) is 128 cm³/mol. The van der Waals surface area contributed by atoms with Gasteiger partial charge in [-0.2, -0.15) is 5.26 Å². The minimum absolute atomic E-state index is 0.0598. The summed E-state index contributed by atoms with van der Waals surface area (Å²) in [5.41, 5.74) is 1.12. The highest BCUT2D eigenvalue weighted by molar-refractivity contribution is 7.92. The lowest BCUT2D eigenvalue weighted by molar-refractivity contribution is 0.0531. The molecule has 0 atom stereocenters. The summed E-state index contributed by atoms with van der Waals surface area (Å²) >= 11 is 0.963. The summed E-state index contributed by atoms with van der Waals surface area (Å²) in [5.74, 6) is -0.544. The second kappa shape index (κ2) is 10.4. The zero-order chi connectivity index (χ0) is 24.9. The largest absolute Gasteiger partial charge is 0.497 e. The van der Waals surface area contributed by atoms with E-state index < -0.39 is 21.9 Å². The molecule has 9 nitrogen and oxygen atoms in total. The number of hydrogen-bond acceptors (Lipinski definition) is 8. The Kier molecular flexibility index (Phi) is 7.55. The first-order chi connectivity index (χ1) is 16.2. The molecule has 3 rings (SSSR count). The first kappa shape index (κ1) is 24.8. The van der Waals surface area contributed by atoms with Gasteiger partial charge in [0.25, 0.3) is 15.9 Å². The molecule has 2 aromatic carbocycles. The number of carbonyl (C=O) groups excluding carboxylic acids is 2. The first-order valence-electron chi connectivity index (χ1n) is 9.99. The summed E-state index contributed by atoms with van der Waals surface area (Å²) in [6, 6.07) is 13.7. The van der Waals surface area contributed by atoms with E-state index in [4.69, 9.17) is 9.47 Å². The number of carbonyl (C=O) groups is 2. The van der Waals surface area contributed by atoms with Crippen molar-refractivity contribution in [3.8, 4) is 11.8 Å². The van der Waals surface area contributed by atoms with Crippen LogP contribution in [-0.4, -0.2) is 34.0 Å². The number of hydrogen-bond donors (Lipinski definition) is 2. The average molecular weight is 500 g/mol. The van der Waals surface area contributed by atoms with Crippen LogP contribution in [0.4, 0.5) is 10.7 Å². The van der Waals surface area contributed by atoms with Crippen LogP contribution in [0.3, 0.4) is 0 Å². The molecule has 0 spiro atoms. The van der Waals surface area contributed by atoms with Gasteiger partial charge in [0.05, 0.1) is 24.2 Å². The van der Waals surface area contributed by atoms with Crippen LogP contribution in [0, 0.1) is 18.3 Å². The molecule has 1 amide bonds. The number of esters is 1. The molecule has 0 radical (unpaired) electrons. The van der Waals surface area contributed by atoms with Crippen LogP contribution < -0.4 is 14.8 Å². The third kappa shape index (κ3) is 5.36. The van der Waals surface area contributed by atoms with Gasteiger partial charge in [-0.25, -0.2) is 13.2 Å². The van der Waals surface area contributed by atoms with E-state index in [0.717, 1.165) is 11.3 Å². The molecule has 3 aromatic rings. The van der Waals surface area contributed by atoms with Gasteiger partial charge in [0.1, 0.15) is 21.7 Å². The van der Waals surface area contributed by atoms with E-state index in [0.29, 0.717) is 11.3 Å². The van der Waals surface area contributed by atoms with Crippen LogP contribution in [0.5, 0.6) is 5.75 Å². The highest BCUT2D eigenvalue weighted by Gasteiger charge is 2.22. The van der Waals surface area contributed by atoms with E-state index in [1.165, 1.54) is 55.6 Å². The van der Waals surface area contributed by atoms with Crippen LogP contribution in [0.1, 0.15) is 38.1 Å². The quantitative estimate of drug-likeness (QED) is 0.444. The number of benzene rings is 2. The molecule has 0 aliphatic carbocycles. The fourth-order valence-electron chi connectivity index (χ4n) is 2.96. The lowest BCUT2D eigenvalue weighted by Gasteiger charge is -2.09. The fraction of sp³-hybridized carbons (Fsp3) is 0.174. The van der Waals surface area contributed by atoms with Gasteiger partial charge in [0.15, 0.2) is 0 Å². The van der Waals surface area contributed by atoms with Gasteiger partial charge >= 0.3 is 5.97 Å². The molecule has 34 heavy (non-hydrogen) atoms. The van der Waals surface area contributed by atoms with Crippen molar-refractivity contribution in [2.24, 2.45) is 0 Å². The molecule has 11 heteroatoms. The van der Waals surface area contributed by atoms with E-state index in [1.54, 1.807) is 13.8 Å². The summed E-state index contributed by atoms with van der Waals surface area (Å²) in [4.78, 5) is 25.1. The van der Waals surface area contributed by atoms with E-state index >= 15 is 0 Å². The summed E-state index contributed by atoms with van der Waals surface area (Å²) < 4.78 is 37.6. The predicted octanol–water partition coefficient (Wildman–Crippen LogP) is 4.17. The standard InChI is InChI=1S/C23H21N3O6S2/c1-4-32-23(28)20-14(2)19(13-24)22(33-20)25-21(27)15-5-7-16(8-6-15)26-34(29,30)18-11-9-17(31-3)10-12-18/h5-12,26H,4H2,1-3H3,(H,25,27). The minimum atomic E-state index is -3.83. The van der Waals surface area contributed by atoms with Crippen molar-refractivity contribution in [3.05, 3.63) is 70.1 Å². The van der Waals surface area contributed by atoms with Gasteiger partial charge in [-0.3, -0.25) is 9.52 Å². The fourth-order valence-corrected chi connectivity index (χ4v) is 5.07. The average Bonchev–Trinajstić information content (AvgIpc) is 3.14. The molecule has 0 aliphatic heterocycles. The lowest BCUT2D eigenvalue weighted by atomic mass is 10.1. The molecule has 0 fully saturated rings. The maximum Gasteiger partial charge on any atom is 0.348 e. The Morgan fingerprint density at radius 2 is 1.74 bits per heavy atom. The molecular formula is C23H21N3O6S2. The second-order valence-electron chi connectivity index (χ2n) is 6.91. The summed E-state index contributed by atoms with van der Waals surface area (Å²) in [5, 5.41) is 12.3. The number of nitrogens with zero attached hydrogens (tertiary/aromatic N) is 1. The van der Waals surface area contributed by atoms with Crippen molar-refractivity contribution in [2.75, 3.05) is 23.8 Å². The molecule has 0 unspecified atom stereocenters. The van der Waals surface area contributed by atoms with Crippen molar-refractivity contribution in [1.29, 1.82) is 5.26 Å². The number of thiophene rings is 1. The van der Waals surface area contributed by atoms with Crippen molar-refractivity contribution >= 4 is 43.9 Å². The van der Waals surface area contributed by atoms with E-state index in [1.807, 2.05) is 6.07 Å². The van der Waals surface area contributed by atoms with Crippen molar-refractivity contribution in [3.63, 3.8) is 0 Å². The number of nitrogens with one attached hydrogen (secondary N) is 2. The van der Waals surface area contributed by atoms with Crippen LogP contribution in [-0.2, 0) is 14.8 Å². The molecule has 0 saturated carbocycles.